The maximum Gasteiger partial charge on any atom is 0.351 e. The normalized spacial score (nSPS) is 30.8. The van der Waals surface area contributed by atoms with Crippen LogP contribution in [0.4, 0.5) is 0 Å². The molecule has 3 atom stereocenters. The van der Waals surface area contributed by atoms with Gasteiger partial charge in [-0.25, -0.2) is 9.59 Å². The molecule has 5 heteroatoms. The zero-order valence-corrected chi connectivity index (χ0v) is 13.0. The van der Waals surface area contributed by atoms with Crippen molar-refractivity contribution in [1.82, 2.24) is 0 Å². The van der Waals surface area contributed by atoms with Crippen LogP contribution in [0.2, 0.25) is 0 Å². The summed E-state index contributed by atoms with van der Waals surface area (Å²) >= 11 is 0. The van der Waals surface area contributed by atoms with Crippen LogP contribution in [0.15, 0.2) is 30.3 Å². The van der Waals surface area contributed by atoms with Crippen molar-refractivity contribution in [3.05, 3.63) is 35.9 Å². The van der Waals surface area contributed by atoms with Crippen molar-refractivity contribution in [2.24, 2.45) is 5.92 Å². The Bertz CT molecular complexity index is 589. The van der Waals surface area contributed by atoms with E-state index in [2.05, 4.69) is 0 Å². The summed E-state index contributed by atoms with van der Waals surface area (Å²) < 4.78 is 16.5. The SMILES string of the molecule is CC(C)(C)OC(=O)[C@@]12OCC[C@@H]1[C@@H](c1ccccc1)OC2=O. The molecule has 1 aromatic rings. The molecule has 0 saturated carbocycles. The summed E-state index contributed by atoms with van der Waals surface area (Å²) in [5.41, 5.74) is -1.43. The number of rotatable bonds is 2. The molecule has 118 valence electrons. The molecule has 2 aliphatic heterocycles. The lowest BCUT2D eigenvalue weighted by Gasteiger charge is -2.27. The Morgan fingerprint density at radius 1 is 1.27 bits per heavy atom. The largest absolute Gasteiger partial charge is 0.457 e. The van der Waals surface area contributed by atoms with Crippen LogP contribution in [0.1, 0.15) is 38.9 Å². The molecular weight excluding hydrogens is 284 g/mol. The quantitative estimate of drug-likeness (QED) is 0.620. The van der Waals surface area contributed by atoms with Crippen LogP contribution >= 0.6 is 0 Å². The molecule has 0 unspecified atom stereocenters. The van der Waals surface area contributed by atoms with Gasteiger partial charge < -0.3 is 14.2 Å². The highest BCUT2D eigenvalue weighted by Crippen LogP contribution is 2.50. The zero-order chi connectivity index (χ0) is 16.0. The van der Waals surface area contributed by atoms with Crippen LogP contribution in [0.3, 0.4) is 0 Å². The Morgan fingerprint density at radius 2 is 1.95 bits per heavy atom. The predicted molar refractivity (Wildman–Crippen MR) is 77.9 cm³/mol. The van der Waals surface area contributed by atoms with Crippen LogP contribution in [0, 0.1) is 5.92 Å². The van der Waals surface area contributed by atoms with Crippen LogP contribution in [0.25, 0.3) is 0 Å². The summed E-state index contributed by atoms with van der Waals surface area (Å²) in [5, 5.41) is 0. The predicted octanol–water partition coefficient (Wildman–Crippen LogP) is 2.40. The van der Waals surface area contributed by atoms with E-state index in [0.29, 0.717) is 13.0 Å². The van der Waals surface area contributed by atoms with E-state index in [0.717, 1.165) is 5.56 Å². The molecule has 0 radical (unpaired) electrons. The fourth-order valence-electron chi connectivity index (χ4n) is 3.11. The summed E-state index contributed by atoms with van der Waals surface area (Å²) in [6, 6.07) is 9.44. The van der Waals surface area contributed by atoms with Crippen molar-refractivity contribution >= 4 is 11.9 Å². The monoisotopic (exact) mass is 304 g/mol. The number of fused-ring (bicyclic) bond motifs is 1. The number of carbonyl (C=O) groups excluding carboxylic acids is 2. The second-order valence-electron chi connectivity index (χ2n) is 6.72. The third-order valence-corrected chi connectivity index (χ3v) is 4.01. The molecule has 2 aliphatic rings. The smallest absolute Gasteiger partial charge is 0.351 e. The van der Waals surface area contributed by atoms with Crippen LogP contribution in [0.5, 0.6) is 0 Å². The Morgan fingerprint density at radius 3 is 2.59 bits per heavy atom. The molecule has 3 rings (SSSR count). The van der Waals surface area contributed by atoms with E-state index in [-0.39, 0.29) is 5.92 Å². The molecule has 0 bridgehead atoms. The van der Waals surface area contributed by atoms with Gasteiger partial charge >= 0.3 is 11.9 Å². The molecule has 5 nitrogen and oxygen atoms in total. The van der Waals surface area contributed by atoms with Crippen molar-refractivity contribution in [2.75, 3.05) is 6.61 Å². The first kappa shape index (κ1) is 15.0. The lowest BCUT2D eigenvalue weighted by atomic mass is 9.83. The first-order chi connectivity index (χ1) is 10.3. The molecule has 0 aromatic heterocycles. The molecule has 22 heavy (non-hydrogen) atoms. The van der Waals surface area contributed by atoms with E-state index in [1.807, 2.05) is 30.3 Å². The van der Waals surface area contributed by atoms with E-state index < -0.39 is 29.2 Å². The van der Waals surface area contributed by atoms with Crippen LogP contribution in [-0.2, 0) is 23.8 Å². The van der Waals surface area contributed by atoms with Crippen LogP contribution in [-0.4, -0.2) is 29.7 Å². The zero-order valence-electron chi connectivity index (χ0n) is 13.0. The first-order valence-electron chi connectivity index (χ1n) is 7.48. The second kappa shape index (κ2) is 5.09. The van der Waals surface area contributed by atoms with E-state index in [4.69, 9.17) is 14.2 Å². The minimum atomic E-state index is -1.62. The number of carbonyl (C=O) groups is 2. The van der Waals surface area contributed by atoms with E-state index in [1.54, 1.807) is 20.8 Å². The summed E-state index contributed by atoms with van der Waals surface area (Å²) in [7, 11) is 0. The molecule has 0 amide bonds. The number of esters is 2. The molecule has 1 aromatic carbocycles. The molecular formula is C17H20O5. The van der Waals surface area contributed by atoms with Gasteiger partial charge in [-0.2, -0.15) is 0 Å². The summed E-state index contributed by atoms with van der Waals surface area (Å²) in [6.45, 7) is 5.64. The third-order valence-electron chi connectivity index (χ3n) is 4.01. The van der Waals surface area contributed by atoms with Gasteiger partial charge in [-0.3, -0.25) is 0 Å². The first-order valence-corrected chi connectivity index (χ1v) is 7.48. The average molecular weight is 304 g/mol. The molecule has 2 heterocycles. The summed E-state index contributed by atoms with van der Waals surface area (Å²) in [6.07, 6.45) is 0.119. The summed E-state index contributed by atoms with van der Waals surface area (Å²) in [5.74, 6) is -1.64. The van der Waals surface area contributed by atoms with Gasteiger partial charge in [0.1, 0.15) is 11.7 Å². The maximum atomic E-state index is 12.6. The van der Waals surface area contributed by atoms with Gasteiger partial charge in [0.25, 0.3) is 5.60 Å². The molecule has 2 saturated heterocycles. The Kier molecular flexibility index (Phi) is 3.48. The lowest BCUT2D eigenvalue weighted by Crippen LogP contribution is -2.50. The molecule has 2 fully saturated rings. The fraction of sp³-hybridized carbons (Fsp3) is 0.529. The fourth-order valence-corrected chi connectivity index (χ4v) is 3.11. The Balaban J connectivity index is 1.94. The summed E-state index contributed by atoms with van der Waals surface area (Å²) in [4.78, 5) is 25.0. The van der Waals surface area contributed by atoms with Gasteiger partial charge in [-0.1, -0.05) is 30.3 Å². The molecule has 0 N–H and O–H groups in total. The Labute approximate surface area is 129 Å². The topological polar surface area (TPSA) is 61.8 Å². The van der Waals surface area contributed by atoms with Crippen LogP contribution < -0.4 is 0 Å². The van der Waals surface area contributed by atoms with Crippen molar-refractivity contribution in [2.45, 2.75) is 44.5 Å². The van der Waals surface area contributed by atoms with Crippen molar-refractivity contribution in [1.29, 1.82) is 0 Å². The number of benzene rings is 1. The van der Waals surface area contributed by atoms with Gasteiger partial charge in [0.2, 0.25) is 0 Å². The van der Waals surface area contributed by atoms with E-state index in [1.165, 1.54) is 0 Å². The molecule has 0 aliphatic carbocycles. The van der Waals surface area contributed by atoms with Gasteiger partial charge in [0.05, 0.1) is 5.92 Å². The molecule has 0 spiro atoms. The minimum Gasteiger partial charge on any atom is -0.457 e. The lowest BCUT2D eigenvalue weighted by molar-refractivity contribution is -0.186. The second-order valence-corrected chi connectivity index (χ2v) is 6.72. The number of ether oxygens (including phenoxy) is 3. The highest BCUT2D eigenvalue weighted by Gasteiger charge is 2.68. The van der Waals surface area contributed by atoms with Crippen molar-refractivity contribution in [3.63, 3.8) is 0 Å². The number of hydrogen-bond donors (Lipinski definition) is 0. The van der Waals surface area contributed by atoms with Crippen molar-refractivity contribution < 1.29 is 23.8 Å². The van der Waals surface area contributed by atoms with E-state index >= 15 is 0 Å². The van der Waals surface area contributed by atoms with Crippen molar-refractivity contribution in [3.8, 4) is 0 Å². The van der Waals surface area contributed by atoms with E-state index in [9.17, 15) is 9.59 Å². The van der Waals surface area contributed by atoms with Gasteiger partial charge in [0, 0.05) is 6.61 Å². The standard InChI is InChI=1S/C17H20O5/c1-16(2,3)22-15(19)17-12(9-10-20-17)13(21-14(17)18)11-7-5-4-6-8-11/h4-8,12-13H,9-10H2,1-3H3/t12-,13-,17-/m1/s1. The highest BCUT2D eigenvalue weighted by atomic mass is 16.6. The maximum absolute atomic E-state index is 12.6. The van der Waals surface area contributed by atoms with Gasteiger partial charge in [-0.15, -0.1) is 0 Å². The van der Waals surface area contributed by atoms with Gasteiger partial charge in [0.15, 0.2) is 0 Å². The van der Waals surface area contributed by atoms with Gasteiger partial charge in [-0.05, 0) is 32.8 Å². The minimum absolute atomic E-state index is 0.350. The third kappa shape index (κ3) is 2.29. The highest BCUT2D eigenvalue weighted by molar-refractivity contribution is 6.06. The average Bonchev–Trinajstić information content (AvgIpc) is 2.99. The number of hydrogen-bond acceptors (Lipinski definition) is 5. The Hall–Kier alpha value is -1.88. The number of cyclic esters (lactones) is 1.